The number of ether oxygens (including phenoxy) is 2. The van der Waals surface area contributed by atoms with Gasteiger partial charge in [0.25, 0.3) is 0 Å². The Morgan fingerprint density at radius 2 is 1.48 bits per heavy atom. The number of hydrogen-bond acceptors (Lipinski definition) is 5. The van der Waals surface area contributed by atoms with Crippen molar-refractivity contribution >= 4 is 17.5 Å². The molecule has 0 aliphatic heterocycles. The number of ketones is 1. The maximum Gasteiger partial charge on any atom is 0.194 e. The van der Waals surface area contributed by atoms with E-state index in [2.05, 4.69) is 4.98 Å². The Morgan fingerprint density at radius 1 is 0.862 bits per heavy atom. The van der Waals surface area contributed by atoms with Gasteiger partial charge in [0.1, 0.15) is 5.03 Å². The van der Waals surface area contributed by atoms with Crippen molar-refractivity contribution in [3.05, 3.63) is 77.0 Å². The molecule has 150 valence electrons. The van der Waals surface area contributed by atoms with Crippen LogP contribution in [-0.4, -0.2) is 25.0 Å². The molecule has 2 aromatic carbocycles. The van der Waals surface area contributed by atoms with E-state index in [0.29, 0.717) is 28.8 Å². The van der Waals surface area contributed by atoms with E-state index in [4.69, 9.17) is 9.47 Å². The highest BCUT2D eigenvalue weighted by atomic mass is 32.2. The van der Waals surface area contributed by atoms with Gasteiger partial charge in [-0.1, -0.05) is 11.8 Å². The first-order chi connectivity index (χ1) is 13.8. The molecule has 4 nitrogen and oxygen atoms in total. The smallest absolute Gasteiger partial charge is 0.194 e. The van der Waals surface area contributed by atoms with Crippen LogP contribution < -0.4 is 9.47 Å². The van der Waals surface area contributed by atoms with E-state index in [1.165, 1.54) is 38.6 Å². The summed E-state index contributed by atoms with van der Waals surface area (Å²) in [6.07, 6.45) is 1.20. The Hall–Kier alpha value is -3.07. The SMILES string of the molecule is COc1ccc(C(=O)c2ccc(Sc3c(F)c(F)cc(F)c3F)nc2)cc1OC. The summed E-state index contributed by atoms with van der Waals surface area (Å²) in [7, 11) is 2.91. The average molecular weight is 423 g/mol. The fourth-order valence-corrected chi connectivity index (χ4v) is 3.29. The summed E-state index contributed by atoms with van der Waals surface area (Å²) in [5.74, 6) is -5.58. The van der Waals surface area contributed by atoms with Gasteiger partial charge in [-0.2, -0.15) is 0 Å². The topological polar surface area (TPSA) is 48.4 Å². The zero-order valence-corrected chi connectivity index (χ0v) is 16.0. The molecule has 0 amide bonds. The summed E-state index contributed by atoms with van der Waals surface area (Å²) in [6, 6.07) is 7.47. The van der Waals surface area contributed by atoms with Crippen molar-refractivity contribution in [1.29, 1.82) is 0 Å². The van der Waals surface area contributed by atoms with Crippen LogP contribution in [0.2, 0.25) is 0 Å². The number of pyridine rings is 1. The Kier molecular flexibility index (Phi) is 6.07. The molecule has 0 saturated heterocycles. The summed E-state index contributed by atoms with van der Waals surface area (Å²) in [4.78, 5) is 15.7. The zero-order chi connectivity index (χ0) is 21.1. The fourth-order valence-electron chi connectivity index (χ4n) is 2.46. The molecule has 0 unspecified atom stereocenters. The largest absolute Gasteiger partial charge is 0.493 e. The molecule has 3 rings (SSSR count). The second kappa shape index (κ2) is 8.52. The van der Waals surface area contributed by atoms with Crippen LogP contribution in [0.4, 0.5) is 17.6 Å². The van der Waals surface area contributed by atoms with Crippen molar-refractivity contribution in [1.82, 2.24) is 4.98 Å². The number of methoxy groups -OCH3 is 2. The van der Waals surface area contributed by atoms with Crippen molar-refractivity contribution in [3.8, 4) is 11.5 Å². The normalized spacial score (nSPS) is 10.7. The van der Waals surface area contributed by atoms with Crippen LogP contribution in [0.1, 0.15) is 15.9 Å². The summed E-state index contributed by atoms with van der Waals surface area (Å²) >= 11 is 0.407. The molecule has 0 bridgehead atoms. The lowest BCUT2D eigenvalue weighted by Crippen LogP contribution is -2.03. The molecule has 29 heavy (non-hydrogen) atoms. The minimum absolute atomic E-state index is 0.0525. The van der Waals surface area contributed by atoms with Crippen LogP contribution in [0.15, 0.2) is 52.5 Å². The molecular weight excluding hydrogens is 410 g/mol. The highest BCUT2D eigenvalue weighted by Gasteiger charge is 2.21. The number of halogens is 4. The third kappa shape index (κ3) is 4.19. The lowest BCUT2D eigenvalue weighted by molar-refractivity contribution is 0.103. The van der Waals surface area contributed by atoms with E-state index in [1.54, 1.807) is 12.1 Å². The molecule has 1 heterocycles. The Morgan fingerprint density at radius 3 is 2.03 bits per heavy atom. The number of carbonyl (C=O) groups excluding carboxylic acids is 1. The molecule has 1 aromatic heterocycles. The van der Waals surface area contributed by atoms with Crippen LogP contribution in [-0.2, 0) is 0 Å². The number of aromatic nitrogens is 1. The van der Waals surface area contributed by atoms with Crippen LogP contribution in [0.5, 0.6) is 11.5 Å². The molecule has 0 fully saturated rings. The van der Waals surface area contributed by atoms with Crippen LogP contribution in [0.25, 0.3) is 0 Å². The number of nitrogens with zero attached hydrogens (tertiary/aromatic N) is 1. The third-order valence-electron chi connectivity index (χ3n) is 3.92. The Balaban J connectivity index is 1.85. The molecule has 0 spiro atoms. The lowest BCUT2D eigenvalue weighted by Gasteiger charge is -2.09. The Bertz CT molecular complexity index is 1050. The predicted molar refractivity (Wildman–Crippen MR) is 97.6 cm³/mol. The molecule has 3 aromatic rings. The second-order valence-electron chi connectivity index (χ2n) is 5.68. The minimum Gasteiger partial charge on any atom is -0.493 e. The first-order valence-corrected chi connectivity index (χ1v) is 8.91. The number of carbonyl (C=O) groups is 1. The van der Waals surface area contributed by atoms with E-state index in [1.807, 2.05) is 0 Å². The van der Waals surface area contributed by atoms with Gasteiger partial charge in [-0.05, 0) is 30.3 Å². The van der Waals surface area contributed by atoms with Gasteiger partial charge in [0.2, 0.25) is 0 Å². The van der Waals surface area contributed by atoms with Crippen molar-refractivity contribution in [2.45, 2.75) is 9.92 Å². The second-order valence-corrected chi connectivity index (χ2v) is 6.71. The van der Waals surface area contributed by atoms with Crippen molar-refractivity contribution in [2.24, 2.45) is 0 Å². The first-order valence-electron chi connectivity index (χ1n) is 8.09. The molecule has 9 heteroatoms. The van der Waals surface area contributed by atoms with Gasteiger partial charge in [-0.15, -0.1) is 0 Å². The van der Waals surface area contributed by atoms with Gasteiger partial charge in [0.15, 0.2) is 40.6 Å². The van der Waals surface area contributed by atoms with Gasteiger partial charge in [0.05, 0.1) is 19.1 Å². The summed E-state index contributed by atoms with van der Waals surface area (Å²) in [6.45, 7) is 0. The quantitative estimate of drug-likeness (QED) is 0.316. The third-order valence-corrected chi connectivity index (χ3v) is 4.94. The molecule has 0 aliphatic carbocycles. The highest BCUT2D eigenvalue weighted by molar-refractivity contribution is 7.99. The van der Waals surface area contributed by atoms with Gasteiger partial charge in [-0.3, -0.25) is 4.79 Å². The van der Waals surface area contributed by atoms with Crippen molar-refractivity contribution in [2.75, 3.05) is 14.2 Å². The molecule has 0 aliphatic rings. The maximum absolute atomic E-state index is 13.8. The number of rotatable bonds is 6. The molecule has 0 atom stereocenters. The monoisotopic (exact) mass is 423 g/mol. The molecule has 0 radical (unpaired) electrons. The number of hydrogen-bond donors (Lipinski definition) is 0. The van der Waals surface area contributed by atoms with E-state index < -0.39 is 28.2 Å². The fraction of sp³-hybridized carbons (Fsp3) is 0.100. The van der Waals surface area contributed by atoms with Crippen molar-refractivity contribution < 1.29 is 31.8 Å². The molecule has 0 saturated carbocycles. The average Bonchev–Trinajstić information content (AvgIpc) is 2.74. The van der Waals surface area contributed by atoms with Crippen LogP contribution in [0.3, 0.4) is 0 Å². The van der Waals surface area contributed by atoms with Gasteiger partial charge < -0.3 is 9.47 Å². The van der Waals surface area contributed by atoms with E-state index in [0.717, 1.165) is 0 Å². The maximum atomic E-state index is 13.8. The summed E-state index contributed by atoms with van der Waals surface area (Å²) in [5.41, 5.74) is 0.516. The van der Waals surface area contributed by atoms with E-state index >= 15 is 0 Å². The molecule has 0 N–H and O–H groups in total. The standard InChI is InChI=1S/C20H13F4NO3S/c1-27-14-5-3-10(7-15(14)28-2)19(26)11-4-6-16(25-9-11)29-20-17(23)12(21)8-13(22)18(20)24/h3-9H,1-2H3. The minimum atomic E-state index is -1.51. The molecular formula is C20H13F4NO3S. The lowest BCUT2D eigenvalue weighted by atomic mass is 10.0. The van der Waals surface area contributed by atoms with Crippen LogP contribution >= 0.6 is 11.8 Å². The highest BCUT2D eigenvalue weighted by Crippen LogP contribution is 2.33. The predicted octanol–water partition coefficient (Wildman–Crippen LogP) is 5.04. The zero-order valence-electron chi connectivity index (χ0n) is 15.1. The van der Waals surface area contributed by atoms with Crippen LogP contribution in [0, 0.1) is 23.3 Å². The van der Waals surface area contributed by atoms with Gasteiger partial charge >= 0.3 is 0 Å². The summed E-state index contributed by atoms with van der Waals surface area (Å²) < 4.78 is 64.5. The Labute approximate surface area is 167 Å². The summed E-state index contributed by atoms with van der Waals surface area (Å²) in [5, 5.41) is 0.0525. The van der Waals surface area contributed by atoms with Gasteiger partial charge in [-0.25, -0.2) is 22.5 Å². The van der Waals surface area contributed by atoms with E-state index in [9.17, 15) is 22.4 Å². The van der Waals surface area contributed by atoms with Gasteiger partial charge in [0, 0.05) is 23.4 Å². The van der Waals surface area contributed by atoms with E-state index in [-0.39, 0.29) is 22.4 Å². The first kappa shape index (κ1) is 20.7. The van der Waals surface area contributed by atoms with Crippen molar-refractivity contribution in [3.63, 3.8) is 0 Å². The number of benzene rings is 2.